The van der Waals surface area contributed by atoms with Gasteiger partial charge in [0.15, 0.2) is 0 Å². The van der Waals surface area contributed by atoms with Crippen molar-refractivity contribution in [3.8, 4) is 0 Å². The average Bonchev–Trinajstić information content (AvgIpc) is 2.58. The summed E-state index contributed by atoms with van der Waals surface area (Å²) in [6, 6.07) is 8.76. The quantitative estimate of drug-likeness (QED) is 0.422. The van der Waals surface area contributed by atoms with Crippen LogP contribution in [0.4, 0.5) is 0 Å². The van der Waals surface area contributed by atoms with Crippen LogP contribution in [0.25, 0.3) is 6.08 Å². The molecule has 1 fully saturated rings. The Bertz CT molecular complexity index is 449. The van der Waals surface area contributed by atoms with Gasteiger partial charge in [0, 0.05) is 6.61 Å². The van der Waals surface area contributed by atoms with Crippen molar-refractivity contribution in [1.82, 2.24) is 0 Å². The van der Waals surface area contributed by atoms with Gasteiger partial charge in [0.1, 0.15) is 0 Å². The number of allylic oxidation sites excluding steroid dienone is 2. The molecule has 0 atom stereocenters. The molecule has 2 rings (SSSR count). The van der Waals surface area contributed by atoms with Gasteiger partial charge < -0.3 is 4.74 Å². The molecule has 1 aromatic rings. The summed E-state index contributed by atoms with van der Waals surface area (Å²) in [4.78, 5) is 0. The van der Waals surface area contributed by atoms with Crippen molar-refractivity contribution in [3.05, 3.63) is 54.1 Å². The zero-order valence-electron chi connectivity index (χ0n) is 14.0. The van der Waals surface area contributed by atoms with Crippen molar-refractivity contribution in [2.45, 2.75) is 52.1 Å². The van der Waals surface area contributed by atoms with E-state index in [0.717, 1.165) is 31.5 Å². The van der Waals surface area contributed by atoms with E-state index < -0.39 is 0 Å². The summed E-state index contributed by atoms with van der Waals surface area (Å²) in [5, 5.41) is 0. The van der Waals surface area contributed by atoms with Crippen LogP contribution in [-0.2, 0) is 11.3 Å². The summed E-state index contributed by atoms with van der Waals surface area (Å²) in [6.07, 6.45) is 14.3. The molecule has 1 nitrogen and oxygen atoms in total. The van der Waals surface area contributed by atoms with Gasteiger partial charge in [-0.25, -0.2) is 0 Å². The number of rotatable bonds is 8. The van der Waals surface area contributed by atoms with Crippen LogP contribution in [0, 0.1) is 11.8 Å². The average molecular weight is 298 g/mol. The van der Waals surface area contributed by atoms with Crippen molar-refractivity contribution in [2.24, 2.45) is 11.8 Å². The number of benzene rings is 1. The summed E-state index contributed by atoms with van der Waals surface area (Å²) < 4.78 is 5.65. The Kier molecular flexibility index (Phi) is 7.45. The number of hydrogen-bond acceptors (Lipinski definition) is 1. The minimum Gasteiger partial charge on any atom is -0.377 e. The second kappa shape index (κ2) is 9.63. The van der Waals surface area contributed by atoms with Crippen molar-refractivity contribution >= 4 is 6.08 Å². The second-order valence-corrected chi connectivity index (χ2v) is 6.42. The Balaban J connectivity index is 1.76. The van der Waals surface area contributed by atoms with Crippen LogP contribution >= 0.6 is 0 Å². The van der Waals surface area contributed by atoms with Crippen LogP contribution in [0.3, 0.4) is 0 Å². The van der Waals surface area contributed by atoms with E-state index in [4.69, 9.17) is 4.74 Å². The third-order valence-corrected chi connectivity index (χ3v) is 4.60. The third kappa shape index (κ3) is 5.81. The fourth-order valence-electron chi connectivity index (χ4n) is 2.98. The maximum Gasteiger partial charge on any atom is 0.0716 e. The van der Waals surface area contributed by atoms with Crippen LogP contribution < -0.4 is 0 Å². The van der Waals surface area contributed by atoms with Gasteiger partial charge in [-0.1, -0.05) is 55.8 Å². The Labute approximate surface area is 136 Å². The minimum atomic E-state index is 0.732. The lowest BCUT2D eigenvalue weighted by atomic mass is 9.82. The van der Waals surface area contributed by atoms with Crippen molar-refractivity contribution in [1.29, 1.82) is 0 Å². The van der Waals surface area contributed by atoms with Gasteiger partial charge in [0.05, 0.1) is 6.61 Å². The van der Waals surface area contributed by atoms with E-state index in [1.165, 1.54) is 43.2 Å². The van der Waals surface area contributed by atoms with E-state index in [0.29, 0.717) is 0 Å². The molecule has 1 aliphatic rings. The normalized spacial score (nSPS) is 22.0. The van der Waals surface area contributed by atoms with Crippen molar-refractivity contribution in [2.75, 3.05) is 6.61 Å². The smallest absolute Gasteiger partial charge is 0.0716 e. The number of ether oxygens (including phenoxy) is 1. The predicted octanol–water partition coefficient (Wildman–Crippen LogP) is 6.01. The maximum absolute atomic E-state index is 5.65. The molecular weight excluding hydrogens is 268 g/mol. The van der Waals surface area contributed by atoms with Crippen LogP contribution in [0.2, 0.25) is 0 Å². The zero-order chi connectivity index (χ0) is 15.6. The Morgan fingerprint density at radius 3 is 2.41 bits per heavy atom. The van der Waals surface area contributed by atoms with Crippen LogP contribution in [0.1, 0.15) is 56.6 Å². The molecule has 0 heterocycles. The summed E-state index contributed by atoms with van der Waals surface area (Å²) in [5.74, 6) is 1.49. The molecule has 0 amide bonds. The first kappa shape index (κ1) is 17.0. The van der Waals surface area contributed by atoms with Gasteiger partial charge >= 0.3 is 0 Å². The lowest BCUT2D eigenvalue weighted by Gasteiger charge is -2.24. The van der Waals surface area contributed by atoms with Gasteiger partial charge in [0.2, 0.25) is 0 Å². The van der Waals surface area contributed by atoms with Gasteiger partial charge in [-0.05, 0) is 55.1 Å². The largest absolute Gasteiger partial charge is 0.377 e. The highest BCUT2D eigenvalue weighted by molar-refractivity contribution is 5.50. The van der Waals surface area contributed by atoms with E-state index in [2.05, 4.69) is 56.0 Å². The van der Waals surface area contributed by atoms with Gasteiger partial charge in [0.25, 0.3) is 0 Å². The van der Waals surface area contributed by atoms with Crippen LogP contribution in [0.5, 0.6) is 0 Å². The fourth-order valence-corrected chi connectivity index (χ4v) is 2.98. The van der Waals surface area contributed by atoms with Crippen molar-refractivity contribution < 1.29 is 4.74 Å². The minimum absolute atomic E-state index is 0.732. The molecule has 120 valence electrons. The van der Waals surface area contributed by atoms with Gasteiger partial charge in [-0.2, -0.15) is 0 Å². The highest BCUT2D eigenvalue weighted by Crippen LogP contribution is 2.30. The molecular formula is C21H30O. The first-order valence-electron chi connectivity index (χ1n) is 8.79. The maximum atomic E-state index is 5.65. The predicted molar refractivity (Wildman–Crippen MR) is 95.7 cm³/mol. The summed E-state index contributed by atoms with van der Waals surface area (Å²) in [5.41, 5.74) is 2.56. The van der Waals surface area contributed by atoms with E-state index in [9.17, 15) is 0 Å². The highest BCUT2D eigenvalue weighted by Gasteiger charge is 2.16. The highest BCUT2D eigenvalue weighted by atomic mass is 16.5. The summed E-state index contributed by atoms with van der Waals surface area (Å²) in [7, 11) is 0. The Morgan fingerprint density at radius 1 is 1.09 bits per heavy atom. The van der Waals surface area contributed by atoms with E-state index in [1.54, 1.807) is 0 Å². The third-order valence-electron chi connectivity index (χ3n) is 4.60. The van der Waals surface area contributed by atoms with E-state index in [-0.39, 0.29) is 0 Å². The molecule has 0 aromatic heterocycles. The van der Waals surface area contributed by atoms with Crippen LogP contribution in [-0.4, -0.2) is 6.61 Å². The molecule has 0 aliphatic heterocycles. The van der Waals surface area contributed by atoms with E-state index in [1.807, 2.05) is 0 Å². The second-order valence-electron chi connectivity index (χ2n) is 6.42. The molecule has 0 unspecified atom stereocenters. The first-order chi connectivity index (χ1) is 10.8. The van der Waals surface area contributed by atoms with Gasteiger partial charge in [-0.3, -0.25) is 0 Å². The molecule has 22 heavy (non-hydrogen) atoms. The van der Waals surface area contributed by atoms with E-state index >= 15 is 0 Å². The fraction of sp³-hybridized carbons (Fsp3) is 0.524. The molecule has 0 N–H and O–H groups in total. The molecule has 1 aromatic carbocycles. The zero-order valence-corrected chi connectivity index (χ0v) is 14.0. The Hall–Kier alpha value is -1.34. The first-order valence-corrected chi connectivity index (χ1v) is 8.79. The summed E-state index contributed by atoms with van der Waals surface area (Å²) in [6.45, 7) is 7.70. The monoisotopic (exact) mass is 298 g/mol. The lowest BCUT2D eigenvalue weighted by molar-refractivity contribution is 0.118. The number of hydrogen-bond donors (Lipinski definition) is 0. The van der Waals surface area contributed by atoms with Gasteiger partial charge in [-0.15, -0.1) is 6.58 Å². The summed E-state index contributed by atoms with van der Waals surface area (Å²) >= 11 is 0. The standard InChI is InChI=1S/C21H30O/c1-3-5-16-22-17-21-14-12-20(13-15-21)11-10-19-8-6-18(4-2)7-9-19/h4,10-15,18-19H,2-3,5-9,16-17H2,1H3/b11-10+. The van der Waals surface area contributed by atoms with Crippen LogP contribution in [0.15, 0.2) is 43.0 Å². The van der Waals surface area contributed by atoms with Crippen molar-refractivity contribution in [3.63, 3.8) is 0 Å². The lowest BCUT2D eigenvalue weighted by Crippen LogP contribution is -2.10. The molecule has 0 spiro atoms. The molecule has 1 heteroatoms. The molecule has 1 aliphatic carbocycles. The molecule has 0 saturated heterocycles. The number of unbranched alkanes of at least 4 members (excludes halogenated alkanes) is 1. The SMILES string of the molecule is C=CC1CCC(/C=C/c2ccc(COCCCC)cc2)CC1. The molecule has 0 bridgehead atoms. The molecule has 1 saturated carbocycles. The Morgan fingerprint density at radius 2 is 1.77 bits per heavy atom. The topological polar surface area (TPSA) is 9.23 Å². The molecule has 0 radical (unpaired) electrons.